The number of hydrogen-bond donors (Lipinski definition) is 0. The number of carbonyl (C=O) groups excluding carboxylic acids is 1. The van der Waals surface area contributed by atoms with Crippen LogP contribution in [0.5, 0.6) is 0 Å². The van der Waals surface area contributed by atoms with Crippen molar-refractivity contribution >= 4 is 14.6 Å². The summed E-state index contributed by atoms with van der Waals surface area (Å²) in [6, 6.07) is 0. The Kier molecular flexibility index (Phi) is 6.94. The van der Waals surface area contributed by atoms with Crippen molar-refractivity contribution in [2.24, 2.45) is 0 Å². The molecule has 0 aliphatic carbocycles. The van der Waals surface area contributed by atoms with Crippen LogP contribution in [0.3, 0.4) is 0 Å². The molecule has 0 saturated carbocycles. The maximum Gasteiger partial charge on any atom is 0.192 e. The van der Waals surface area contributed by atoms with Gasteiger partial charge in [0.15, 0.2) is 8.32 Å². The van der Waals surface area contributed by atoms with Crippen molar-refractivity contribution in [3.05, 3.63) is 12.2 Å². The summed E-state index contributed by atoms with van der Waals surface area (Å²) < 4.78 is 6.30. The Balaban J connectivity index is 4.61. The van der Waals surface area contributed by atoms with E-state index >= 15 is 0 Å². The first kappa shape index (κ1) is 16.6. The zero-order valence-electron chi connectivity index (χ0n) is 12.2. The summed E-state index contributed by atoms with van der Waals surface area (Å²) in [6.07, 6.45) is 7.70. The minimum absolute atomic E-state index is 0.0982. The van der Waals surface area contributed by atoms with Gasteiger partial charge in [-0.1, -0.05) is 46.6 Å². The lowest BCUT2D eigenvalue weighted by Gasteiger charge is -2.38. The number of hydrogen-bond acceptors (Lipinski definition) is 2. The van der Waals surface area contributed by atoms with Gasteiger partial charge in [-0.3, -0.25) is 4.79 Å². The normalized spacial score (nSPS) is 15.2. The molecule has 0 radical (unpaired) electrons. The zero-order chi connectivity index (χ0) is 13.5. The van der Waals surface area contributed by atoms with E-state index in [-0.39, 0.29) is 11.1 Å². The fourth-order valence-corrected chi connectivity index (χ4v) is 2.63. The van der Waals surface area contributed by atoms with E-state index in [1.54, 1.807) is 6.08 Å². The van der Waals surface area contributed by atoms with E-state index in [1.165, 1.54) is 0 Å². The molecule has 0 aromatic carbocycles. The van der Waals surface area contributed by atoms with Gasteiger partial charge in [-0.2, -0.15) is 0 Å². The molecule has 2 nitrogen and oxygen atoms in total. The molecule has 0 spiro atoms. The molecule has 0 N–H and O–H groups in total. The van der Waals surface area contributed by atoms with Gasteiger partial charge in [-0.05, 0) is 30.6 Å². The molecule has 0 aliphatic heterocycles. The fraction of sp³-hybridized carbons (Fsp3) is 0.786. The van der Waals surface area contributed by atoms with Crippen LogP contribution >= 0.6 is 0 Å². The van der Waals surface area contributed by atoms with Crippen molar-refractivity contribution in [3.63, 3.8) is 0 Å². The second-order valence-corrected chi connectivity index (χ2v) is 10.8. The second kappa shape index (κ2) is 7.12. The maximum atomic E-state index is 10.4. The number of aldehydes is 1. The summed E-state index contributed by atoms with van der Waals surface area (Å²) in [5, 5.41) is 0.215. The minimum Gasteiger partial charge on any atom is -0.411 e. The molecule has 3 heteroatoms. The Hall–Kier alpha value is -0.413. The van der Waals surface area contributed by atoms with Crippen molar-refractivity contribution in [3.8, 4) is 0 Å². The Morgan fingerprint density at radius 3 is 2.29 bits per heavy atom. The number of rotatable bonds is 7. The first-order valence-electron chi connectivity index (χ1n) is 6.54. The molecule has 0 unspecified atom stereocenters. The van der Waals surface area contributed by atoms with Gasteiger partial charge in [0.1, 0.15) is 6.29 Å². The maximum absolute atomic E-state index is 10.4. The van der Waals surface area contributed by atoms with Crippen LogP contribution < -0.4 is 0 Å². The van der Waals surface area contributed by atoms with E-state index in [0.29, 0.717) is 0 Å². The predicted molar refractivity (Wildman–Crippen MR) is 76.8 cm³/mol. The quantitative estimate of drug-likeness (QED) is 0.385. The number of allylic oxidation sites excluding steroid dienone is 1. The molecule has 0 fully saturated rings. The van der Waals surface area contributed by atoms with Crippen LogP contribution in [0.4, 0.5) is 0 Å². The lowest BCUT2D eigenvalue weighted by Crippen LogP contribution is -2.43. The van der Waals surface area contributed by atoms with Gasteiger partial charge in [0.05, 0.1) is 6.10 Å². The van der Waals surface area contributed by atoms with Gasteiger partial charge in [0.25, 0.3) is 0 Å². The smallest absolute Gasteiger partial charge is 0.192 e. The Morgan fingerprint density at radius 1 is 1.29 bits per heavy atom. The standard InChI is InChI=1S/C14H28O2Si/c1-7-8-10-13(11-9-12-15)16-17(5,6)14(2,3)4/h9,11-13H,7-8,10H2,1-6H3/b11-9-/t13-/m0/s1. The van der Waals surface area contributed by atoms with Gasteiger partial charge >= 0.3 is 0 Å². The average Bonchev–Trinajstić information content (AvgIpc) is 2.20. The summed E-state index contributed by atoms with van der Waals surface area (Å²) >= 11 is 0. The molecule has 1 atom stereocenters. The summed E-state index contributed by atoms with van der Waals surface area (Å²) in [5.41, 5.74) is 0. The molecule has 0 aromatic heterocycles. The topological polar surface area (TPSA) is 26.3 Å². The van der Waals surface area contributed by atoms with E-state index in [2.05, 4.69) is 40.8 Å². The first-order valence-corrected chi connectivity index (χ1v) is 9.45. The largest absolute Gasteiger partial charge is 0.411 e. The molecule has 0 rings (SSSR count). The van der Waals surface area contributed by atoms with E-state index in [0.717, 1.165) is 25.5 Å². The second-order valence-electron chi connectivity index (χ2n) is 6.08. The van der Waals surface area contributed by atoms with E-state index < -0.39 is 8.32 Å². The van der Waals surface area contributed by atoms with E-state index in [9.17, 15) is 4.79 Å². The van der Waals surface area contributed by atoms with Crippen LogP contribution in [-0.4, -0.2) is 20.7 Å². The highest BCUT2D eigenvalue weighted by molar-refractivity contribution is 6.74. The monoisotopic (exact) mass is 256 g/mol. The van der Waals surface area contributed by atoms with E-state index in [1.807, 2.05) is 6.08 Å². The van der Waals surface area contributed by atoms with Crippen molar-refractivity contribution in [1.82, 2.24) is 0 Å². The predicted octanol–water partition coefficient (Wildman–Crippen LogP) is 4.32. The summed E-state index contributed by atoms with van der Waals surface area (Å²) in [6.45, 7) is 13.4. The highest BCUT2D eigenvalue weighted by Crippen LogP contribution is 2.37. The zero-order valence-corrected chi connectivity index (χ0v) is 13.2. The molecular weight excluding hydrogens is 228 g/mol. The first-order chi connectivity index (χ1) is 7.74. The van der Waals surface area contributed by atoms with Crippen molar-refractivity contribution in [2.75, 3.05) is 0 Å². The van der Waals surface area contributed by atoms with Gasteiger partial charge in [-0.25, -0.2) is 0 Å². The van der Waals surface area contributed by atoms with Gasteiger partial charge in [0.2, 0.25) is 0 Å². The molecule has 17 heavy (non-hydrogen) atoms. The van der Waals surface area contributed by atoms with Crippen LogP contribution in [0.25, 0.3) is 0 Å². The minimum atomic E-state index is -1.74. The van der Waals surface area contributed by atoms with Gasteiger partial charge in [0, 0.05) is 0 Å². The SMILES string of the molecule is CCCC[C@@H](/C=C\C=O)O[Si](C)(C)C(C)(C)C. The van der Waals surface area contributed by atoms with Crippen LogP contribution in [0.15, 0.2) is 12.2 Å². The molecule has 0 aliphatic rings. The van der Waals surface area contributed by atoms with Gasteiger partial charge in [-0.15, -0.1) is 0 Å². The highest BCUT2D eigenvalue weighted by Gasteiger charge is 2.38. The fourth-order valence-electron chi connectivity index (χ4n) is 1.32. The summed E-state index contributed by atoms with van der Waals surface area (Å²) in [4.78, 5) is 10.4. The molecular formula is C14H28O2Si. The molecule has 0 bridgehead atoms. The molecule has 0 aromatic rings. The van der Waals surface area contributed by atoms with E-state index in [4.69, 9.17) is 4.43 Å². The Bertz CT molecular complexity index is 251. The van der Waals surface area contributed by atoms with Crippen LogP contribution in [-0.2, 0) is 9.22 Å². The third-order valence-electron chi connectivity index (χ3n) is 3.50. The number of unbranched alkanes of at least 4 members (excludes halogenated alkanes) is 1. The van der Waals surface area contributed by atoms with Crippen LogP contribution in [0, 0.1) is 0 Å². The number of carbonyl (C=O) groups is 1. The van der Waals surface area contributed by atoms with Crippen LogP contribution in [0.2, 0.25) is 18.1 Å². The lowest BCUT2D eigenvalue weighted by molar-refractivity contribution is -0.104. The third kappa shape index (κ3) is 6.17. The Morgan fingerprint density at radius 2 is 1.88 bits per heavy atom. The summed E-state index contributed by atoms with van der Waals surface area (Å²) in [5.74, 6) is 0. The molecule has 0 amide bonds. The van der Waals surface area contributed by atoms with Crippen LogP contribution in [0.1, 0.15) is 47.0 Å². The lowest BCUT2D eigenvalue weighted by atomic mass is 10.1. The summed E-state index contributed by atoms with van der Waals surface area (Å²) in [7, 11) is -1.74. The van der Waals surface area contributed by atoms with Crippen molar-refractivity contribution in [1.29, 1.82) is 0 Å². The average molecular weight is 256 g/mol. The molecule has 100 valence electrons. The van der Waals surface area contributed by atoms with Crippen molar-refractivity contribution in [2.45, 2.75) is 71.2 Å². The van der Waals surface area contributed by atoms with Gasteiger partial charge < -0.3 is 4.43 Å². The highest BCUT2D eigenvalue weighted by atomic mass is 28.4. The molecule has 0 heterocycles. The molecule has 0 saturated heterocycles. The third-order valence-corrected chi connectivity index (χ3v) is 8.00. The Labute approximate surface area is 108 Å². The van der Waals surface area contributed by atoms with Crippen molar-refractivity contribution < 1.29 is 9.22 Å².